The standard InChI is InChI=1S/C11H13NO4/c1-8(13)16-12-10(11(14)15)7-9-5-3-2-4-6-9/h2-6,10,12H,7H2,1H3,(H,14,15)/t10-/m0/s1. The molecule has 5 nitrogen and oxygen atoms in total. The third-order valence-corrected chi connectivity index (χ3v) is 1.93. The summed E-state index contributed by atoms with van der Waals surface area (Å²) in [7, 11) is 0. The molecule has 16 heavy (non-hydrogen) atoms. The summed E-state index contributed by atoms with van der Waals surface area (Å²) < 4.78 is 0. The normalized spacial score (nSPS) is 11.8. The van der Waals surface area contributed by atoms with E-state index >= 15 is 0 Å². The molecular weight excluding hydrogens is 210 g/mol. The Morgan fingerprint density at radius 1 is 1.38 bits per heavy atom. The van der Waals surface area contributed by atoms with E-state index in [-0.39, 0.29) is 6.42 Å². The third-order valence-electron chi connectivity index (χ3n) is 1.93. The first kappa shape index (κ1) is 12.2. The first-order valence-electron chi connectivity index (χ1n) is 4.79. The number of carbonyl (C=O) groups is 2. The van der Waals surface area contributed by atoms with Gasteiger partial charge in [-0.15, -0.1) is 5.48 Å². The second-order valence-corrected chi connectivity index (χ2v) is 3.29. The van der Waals surface area contributed by atoms with Crippen molar-refractivity contribution in [1.82, 2.24) is 5.48 Å². The molecule has 0 heterocycles. The number of aliphatic carboxylic acids is 1. The van der Waals surface area contributed by atoms with Gasteiger partial charge in [0.25, 0.3) is 0 Å². The van der Waals surface area contributed by atoms with Crippen molar-refractivity contribution in [3.05, 3.63) is 35.9 Å². The summed E-state index contributed by atoms with van der Waals surface area (Å²) in [5.41, 5.74) is 3.07. The Morgan fingerprint density at radius 2 is 2.00 bits per heavy atom. The van der Waals surface area contributed by atoms with Crippen LogP contribution in [0.2, 0.25) is 0 Å². The minimum Gasteiger partial charge on any atom is -0.480 e. The highest BCUT2D eigenvalue weighted by Crippen LogP contribution is 2.03. The minimum absolute atomic E-state index is 0.253. The quantitative estimate of drug-likeness (QED) is 0.720. The summed E-state index contributed by atoms with van der Waals surface area (Å²) in [5, 5.41) is 8.89. The van der Waals surface area contributed by atoms with Crippen LogP contribution >= 0.6 is 0 Å². The van der Waals surface area contributed by atoms with E-state index in [1.165, 1.54) is 6.92 Å². The van der Waals surface area contributed by atoms with Crippen LogP contribution in [0, 0.1) is 0 Å². The van der Waals surface area contributed by atoms with Gasteiger partial charge in [-0.1, -0.05) is 30.3 Å². The monoisotopic (exact) mass is 223 g/mol. The summed E-state index contributed by atoms with van der Waals surface area (Å²) in [5.74, 6) is -1.63. The Morgan fingerprint density at radius 3 is 2.50 bits per heavy atom. The molecule has 5 heteroatoms. The molecule has 0 spiro atoms. The van der Waals surface area contributed by atoms with Crippen LogP contribution in [-0.2, 0) is 20.8 Å². The lowest BCUT2D eigenvalue weighted by molar-refractivity contribution is -0.155. The Balaban J connectivity index is 2.58. The average Bonchev–Trinajstić information content (AvgIpc) is 2.25. The number of nitrogens with one attached hydrogen (secondary N) is 1. The predicted octanol–water partition coefficient (Wildman–Crippen LogP) is 0.750. The zero-order chi connectivity index (χ0) is 12.0. The molecule has 0 saturated carbocycles. The van der Waals surface area contributed by atoms with Gasteiger partial charge in [0, 0.05) is 13.3 Å². The van der Waals surface area contributed by atoms with Crippen molar-refractivity contribution in [2.24, 2.45) is 0 Å². The lowest BCUT2D eigenvalue weighted by Crippen LogP contribution is -2.39. The van der Waals surface area contributed by atoms with Crippen molar-refractivity contribution in [3.8, 4) is 0 Å². The van der Waals surface area contributed by atoms with E-state index in [0.717, 1.165) is 5.56 Å². The van der Waals surface area contributed by atoms with E-state index < -0.39 is 18.0 Å². The van der Waals surface area contributed by atoms with Crippen molar-refractivity contribution in [2.75, 3.05) is 0 Å². The summed E-state index contributed by atoms with van der Waals surface area (Å²) in [6.45, 7) is 1.20. The molecule has 0 fully saturated rings. The highest BCUT2D eigenvalue weighted by atomic mass is 16.7. The van der Waals surface area contributed by atoms with Crippen molar-refractivity contribution in [2.45, 2.75) is 19.4 Å². The van der Waals surface area contributed by atoms with Gasteiger partial charge in [-0.05, 0) is 5.56 Å². The van der Waals surface area contributed by atoms with Gasteiger partial charge in [0.2, 0.25) is 0 Å². The molecule has 1 aromatic carbocycles. The Bertz CT molecular complexity index is 364. The van der Waals surface area contributed by atoms with Crippen molar-refractivity contribution in [1.29, 1.82) is 0 Å². The summed E-state index contributed by atoms with van der Waals surface area (Å²) >= 11 is 0. The molecule has 0 aliphatic carbocycles. The number of hydrogen-bond donors (Lipinski definition) is 2. The lowest BCUT2D eigenvalue weighted by atomic mass is 10.1. The molecule has 2 N–H and O–H groups in total. The molecule has 0 unspecified atom stereocenters. The molecule has 0 aromatic heterocycles. The van der Waals surface area contributed by atoms with Crippen LogP contribution in [0.4, 0.5) is 0 Å². The van der Waals surface area contributed by atoms with Crippen LogP contribution in [0.3, 0.4) is 0 Å². The van der Waals surface area contributed by atoms with Gasteiger partial charge >= 0.3 is 11.9 Å². The van der Waals surface area contributed by atoms with E-state index in [0.29, 0.717) is 0 Å². The van der Waals surface area contributed by atoms with Gasteiger partial charge in [-0.2, -0.15) is 0 Å². The number of carboxylic acids is 1. The number of carboxylic acid groups (broad SMARTS) is 1. The largest absolute Gasteiger partial charge is 0.480 e. The van der Waals surface area contributed by atoms with Gasteiger partial charge in [0.05, 0.1) is 0 Å². The van der Waals surface area contributed by atoms with Crippen molar-refractivity contribution < 1.29 is 19.5 Å². The van der Waals surface area contributed by atoms with Crippen molar-refractivity contribution >= 4 is 11.9 Å². The smallest absolute Gasteiger partial charge is 0.324 e. The molecule has 1 rings (SSSR count). The summed E-state index contributed by atoms with van der Waals surface area (Å²) in [4.78, 5) is 25.9. The Labute approximate surface area is 93.0 Å². The van der Waals surface area contributed by atoms with Crippen LogP contribution in [0.25, 0.3) is 0 Å². The first-order valence-corrected chi connectivity index (χ1v) is 4.79. The molecule has 0 amide bonds. The van der Waals surface area contributed by atoms with Gasteiger partial charge in [-0.25, -0.2) is 0 Å². The Kier molecular flexibility index (Phi) is 4.47. The molecule has 1 atom stereocenters. The SMILES string of the molecule is CC(=O)ON[C@@H](Cc1ccccc1)C(=O)O. The van der Waals surface area contributed by atoms with Crippen LogP contribution < -0.4 is 5.48 Å². The molecule has 1 aromatic rings. The second kappa shape index (κ2) is 5.87. The van der Waals surface area contributed by atoms with Crippen LogP contribution in [0.5, 0.6) is 0 Å². The molecule has 0 aliphatic heterocycles. The van der Waals surface area contributed by atoms with Gasteiger partial charge < -0.3 is 9.94 Å². The van der Waals surface area contributed by atoms with Gasteiger partial charge in [0.15, 0.2) is 0 Å². The van der Waals surface area contributed by atoms with E-state index in [1.54, 1.807) is 0 Å². The zero-order valence-corrected chi connectivity index (χ0v) is 8.84. The maximum atomic E-state index is 10.9. The molecule has 0 saturated heterocycles. The van der Waals surface area contributed by atoms with E-state index in [2.05, 4.69) is 10.3 Å². The predicted molar refractivity (Wildman–Crippen MR) is 56.5 cm³/mol. The topological polar surface area (TPSA) is 75.6 Å². The van der Waals surface area contributed by atoms with Crippen LogP contribution in [0.15, 0.2) is 30.3 Å². The number of benzene rings is 1. The minimum atomic E-state index is -1.06. The fourth-order valence-corrected chi connectivity index (χ4v) is 1.18. The lowest BCUT2D eigenvalue weighted by Gasteiger charge is -2.12. The van der Waals surface area contributed by atoms with E-state index in [4.69, 9.17) is 5.11 Å². The van der Waals surface area contributed by atoms with Crippen LogP contribution in [0.1, 0.15) is 12.5 Å². The first-order chi connectivity index (χ1) is 7.59. The highest BCUT2D eigenvalue weighted by molar-refractivity contribution is 5.74. The summed E-state index contributed by atoms with van der Waals surface area (Å²) in [6.07, 6.45) is 0.253. The van der Waals surface area contributed by atoms with E-state index in [1.807, 2.05) is 30.3 Å². The van der Waals surface area contributed by atoms with Crippen molar-refractivity contribution in [3.63, 3.8) is 0 Å². The fraction of sp³-hybridized carbons (Fsp3) is 0.273. The van der Waals surface area contributed by atoms with E-state index in [9.17, 15) is 9.59 Å². The molecule has 0 bridgehead atoms. The number of carbonyl (C=O) groups excluding carboxylic acids is 1. The third kappa shape index (κ3) is 4.10. The molecule has 0 aliphatic rings. The molecule has 0 radical (unpaired) electrons. The van der Waals surface area contributed by atoms with Gasteiger partial charge in [0.1, 0.15) is 6.04 Å². The number of hydrogen-bond acceptors (Lipinski definition) is 4. The zero-order valence-electron chi connectivity index (χ0n) is 8.84. The molecular formula is C11H13NO4. The number of rotatable bonds is 5. The fourth-order valence-electron chi connectivity index (χ4n) is 1.18. The maximum absolute atomic E-state index is 10.9. The Hall–Kier alpha value is -1.88. The summed E-state index contributed by atoms with van der Waals surface area (Å²) in [6, 6.07) is 8.17. The van der Waals surface area contributed by atoms with Crippen LogP contribution in [-0.4, -0.2) is 23.1 Å². The number of hydroxylamine groups is 1. The van der Waals surface area contributed by atoms with Gasteiger partial charge in [-0.3, -0.25) is 9.59 Å². The highest BCUT2D eigenvalue weighted by Gasteiger charge is 2.18. The second-order valence-electron chi connectivity index (χ2n) is 3.29. The maximum Gasteiger partial charge on any atom is 0.324 e. The molecule has 86 valence electrons. The average molecular weight is 223 g/mol.